The van der Waals surface area contributed by atoms with E-state index in [0.29, 0.717) is 26.0 Å². The number of carbonyl (C=O) groups excluding carboxylic acids is 1. The number of anilines is 1. The standard InChI is InChI=1S/C15H10Br2FN5O4/c1-7-9(6-22-3-2-12(20-22)23(25)26)13(21-27-7)15(24)19-14-10(16)4-8(18)5-11(14)17/h2-5H,6H2,1H3,(H,19,24). The summed E-state index contributed by atoms with van der Waals surface area (Å²) in [6, 6.07) is 3.66. The lowest BCUT2D eigenvalue weighted by Crippen LogP contribution is -2.16. The van der Waals surface area contributed by atoms with Gasteiger partial charge in [0.25, 0.3) is 5.91 Å². The summed E-state index contributed by atoms with van der Waals surface area (Å²) in [5.41, 5.74) is 0.733. The molecule has 27 heavy (non-hydrogen) atoms. The lowest BCUT2D eigenvalue weighted by molar-refractivity contribution is -0.389. The average Bonchev–Trinajstić information content (AvgIpc) is 3.19. The number of nitrogens with zero attached hydrogens (tertiary/aromatic N) is 4. The maximum absolute atomic E-state index is 13.4. The first kappa shape index (κ1) is 19.2. The number of aromatic nitrogens is 3. The topological polar surface area (TPSA) is 116 Å². The highest BCUT2D eigenvalue weighted by molar-refractivity contribution is 9.11. The lowest BCUT2D eigenvalue weighted by Gasteiger charge is -2.09. The first-order chi connectivity index (χ1) is 12.8. The Morgan fingerprint density at radius 3 is 2.67 bits per heavy atom. The van der Waals surface area contributed by atoms with Gasteiger partial charge < -0.3 is 20.0 Å². The molecule has 0 fully saturated rings. The third-order valence-corrected chi connectivity index (χ3v) is 4.83. The first-order valence-electron chi connectivity index (χ1n) is 7.35. The van der Waals surface area contributed by atoms with Crippen molar-refractivity contribution in [2.45, 2.75) is 13.5 Å². The van der Waals surface area contributed by atoms with Gasteiger partial charge in [0.15, 0.2) is 5.69 Å². The van der Waals surface area contributed by atoms with Crippen molar-refractivity contribution in [1.82, 2.24) is 14.9 Å². The van der Waals surface area contributed by atoms with Gasteiger partial charge in [0.05, 0.1) is 35.2 Å². The smallest absolute Gasteiger partial charge is 0.361 e. The van der Waals surface area contributed by atoms with Crippen LogP contribution in [0.25, 0.3) is 0 Å². The van der Waals surface area contributed by atoms with Crippen LogP contribution in [0, 0.1) is 22.9 Å². The Labute approximate surface area is 167 Å². The van der Waals surface area contributed by atoms with Crippen molar-refractivity contribution in [2.24, 2.45) is 0 Å². The van der Waals surface area contributed by atoms with Gasteiger partial charge in [-0.15, -0.1) is 0 Å². The van der Waals surface area contributed by atoms with Crippen LogP contribution in [-0.4, -0.2) is 25.8 Å². The van der Waals surface area contributed by atoms with Crippen LogP contribution in [0.5, 0.6) is 0 Å². The number of benzene rings is 1. The van der Waals surface area contributed by atoms with Crippen molar-refractivity contribution >= 4 is 49.3 Å². The van der Waals surface area contributed by atoms with E-state index in [1.807, 2.05) is 0 Å². The Kier molecular flexibility index (Phi) is 5.37. The van der Waals surface area contributed by atoms with E-state index in [2.05, 4.69) is 47.4 Å². The van der Waals surface area contributed by atoms with Crippen LogP contribution >= 0.6 is 31.9 Å². The Morgan fingerprint density at radius 2 is 2.07 bits per heavy atom. The average molecular weight is 503 g/mol. The molecule has 2 heterocycles. The van der Waals surface area contributed by atoms with E-state index in [1.54, 1.807) is 6.92 Å². The van der Waals surface area contributed by atoms with Crippen LogP contribution in [0.2, 0.25) is 0 Å². The van der Waals surface area contributed by atoms with Crippen LogP contribution in [0.1, 0.15) is 21.8 Å². The number of hydrogen-bond donors (Lipinski definition) is 1. The Morgan fingerprint density at radius 1 is 1.41 bits per heavy atom. The number of aryl methyl sites for hydroxylation is 1. The zero-order valence-corrected chi connectivity index (χ0v) is 16.7. The quantitative estimate of drug-likeness (QED) is 0.415. The zero-order valence-electron chi connectivity index (χ0n) is 13.6. The van der Waals surface area contributed by atoms with Gasteiger partial charge in [-0.1, -0.05) is 5.16 Å². The maximum atomic E-state index is 13.4. The SMILES string of the molecule is Cc1onc(C(=O)Nc2c(Br)cc(F)cc2Br)c1Cn1ccc([N+](=O)[O-])n1. The van der Waals surface area contributed by atoms with E-state index in [4.69, 9.17) is 4.52 Å². The first-order valence-corrected chi connectivity index (χ1v) is 8.93. The molecule has 3 aromatic rings. The lowest BCUT2D eigenvalue weighted by atomic mass is 10.2. The van der Waals surface area contributed by atoms with Crippen LogP contribution in [0.15, 0.2) is 37.9 Å². The highest BCUT2D eigenvalue weighted by Crippen LogP contribution is 2.32. The summed E-state index contributed by atoms with van der Waals surface area (Å²) in [6.45, 7) is 1.67. The van der Waals surface area contributed by atoms with Gasteiger partial charge in [-0.2, -0.15) is 4.68 Å². The number of nitrogens with one attached hydrogen (secondary N) is 1. The predicted octanol–water partition coefficient (Wildman–Crippen LogP) is 4.05. The molecule has 0 aliphatic heterocycles. The maximum Gasteiger partial charge on any atom is 0.389 e. The van der Waals surface area contributed by atoms with Crippen molar-refractivity contribution in [3.63, 3.8) is 0 Å². The molecular formula is C15H10Br2FN5O4. The molecular weight excluding hydrogens is 493 g/mol. The van der Waals surface area contributed by atoms with E-state index in [1.165, 1.54) is 29.1 Å². The van der Waals surface area contributed by atoms with Crippen molar-refractivity contribution in [2.75, 3.05) is 5.32 Å². The third-order valence-electron chi connectivity index (χ3n) is 3.58. The van der Waals surface area contributed by atoms with Gasteiger partial charge >= 0.3 is 5.82 Å². The molecule has 1 N–H and O–H groups in total. The molecule has 0 aliphatic carbocycles. The number of amides is 1. The van der Waals surface area contributed by atoms with Crippen LogP contribution in [0.4, 0.5) is 15.9 Å². The van der Waals surface area contributed by atoms with Gasteiger partial charge in [0.2, 0.25) is 0 Å². The van der Waals surface area contributed by atoms with Gasteiger partial charge in [-0.05, 0) is 55.8 Å². The fourth-order valence-corrected chi connectivity index (χ4v) is 3.62. The molecule has 0 spiro atoms. The van der Waals surface area contributed by atoms with E-state index >= 15 is 0 Å². The fraction of sp³-hybridized carbons (Fsp3) is 0.133. The van der Waals surface area contributed by atoms with E-state index in [-0.39, 0.29) is 18.1 Å². The summed E-state index contributed by atoms with van der Waals surface area (Å²) in [4.78, 5) is 22.8. The number of carbonyl (C=O) groups is 1. The summed E-state index contributed by atoms with van der Waals surface area (Å²) in [6.07, 6.45) is 1.42. The molecule has 1 amide bonds. The van der Waals surface area contributed by atoms with Gasteiger partial charge in [-0.3, -0.25) is 4.79 Å². The van der Waals surface area contributed by atoms with Crippen molar-refractivity contribution in [1.29, 1.82) is 0 Å². The molecule has 3 rings (SSSR count). The van der Waals surface area contributed by atoms with Crippen molar-refractivity contribution in [3.8, 4) is 0 Å². The molecule has 0 atom stereocenters. The Hall–Kier alpha value is -2.60. The Balaban J connectivity index is 1.87. The minimum absolute atomic E-state index is 0.00576. The number of halogens is 3. The van der Waals surface area contributed by atoms with Gasteiger partial charge in [0.1, 0.15) is 11.6 Å². The summed E-state index contributed by atoms with van der Waals surface area (Å²) in [7, 11) is 0. The molecule has 12 heteroatoms. The summed E-state index contributed by atoms with van der Waals surface area (Å²) in [5, 5.41) is 20.9. The number of rotatable bonds is 5. The zero-order chi connectivity index (χ0) is 19.7. The molecule has 0 bridgehead atoms. The van der Waals surface area contributed by atoms with Gasteiger partial charge in [0, 0.05) is 8.95 Å². The van der Waals surface area contributed by atoms with Crippen molar-refractivity contribution < 1.29 is 18.6 Å². The molecule has 2 aromatic heterocycles. The molecule has 0 aliphatic rings. The minimum atomic E-state index is -0.617. The summed E-state index contributed by atoms with van der Waals surface area (Å²) < 4.78 is 20.5. The molecule has 140 valence electrons. The molecule has 0 unspecified atom stereocenters. The predicted molar refractivity (Wildman–Crippen MR) is 99.0 cm³/mol. The molecule has 9 nitrogen and oxygen atoms in total. The van der Waals surface area contributed by atoms with E-state index in [9.17, 15) is 19.3 Å². The van der Waals surface area contributed by atoms with Gasteiger partial charge in [-0.25, -0.2) is 4.39 Å². The van der Waals surface area contributed by atoms with Crippen molar-refractivity contribution in [3.05, 3.63) is 66.3 Å². The highest BCUT2D eigenvalue weighted by Gasteiger charge is 2.23. The second kappa shape index (κ2) is 7.56. The highest BCUT2D eigenvalue weighted by atomic mass is 79.9. The number of nitro groups is 1. The van der Waals surface area contributed by atoms with Crippen LogP contribution in [-0.2, 0) is 6.54 Å². The number of hydrogen-bond acceptors (Lipinski definition) is 6. The second-order valence-corrected chi connectivity index (χ2v) is 7.10. The molecule has 0 saturated heterocycles. The third kappa shape index (κ3) is 4.06. The Bertz CT molecular complexity index is 1030. The molecule has 1 aromatic carbocycles. The second-order valence-electron chi connectivity index (χ2n) is 5.39. The summed E-state index contributed by atoms with van der Waals surface area (Å²) in [5.74, 6) is -1.01. The van der Waals surface area contributed by atoms with E-state index < -0.39 is 16.6 Å². The van der Waals surface area contributed by atoms with E-state index in [0.717, 1.165) is 0 Å². The fourth-order valence-electron chi connectivity index (χ4n) is 2.29. The van der Waals surface area contributed by atoms with Crippen LogP contribution in [0.3, 0.4) is 0 Å². The minimum Gasteiger partial charge on any atom is -0.361 e. The summed E-state index contributed by atoms with van der Waals surface area (Å²) >= 11 is 6.37. The normalized spacial score (nSPS) is 10.8. The largest absolute Gasteiger partial charge is 0.389 e. The van der Waals surface area contributed by atoms with Crippen LogP contribution < -0.4 is 5.32 Å². The molecule has 0 saturated carbocycles. The molecule has 0 radical (unpaired) electrons. The monoisotopic (exact) mass is 501 g/mol.